The van der Waals surface area contributed by atoms with Gasteiger partial charge in [0, 0.05) is 23.7 Å². The first kappa shape index (κ1) is 62.5. The SMILES string of the molecule is CC(C)(C)c1ccc(C(=O)O[C@]2(C(=O)CSc3nc4ccccc4s3)CCC3C4CCC5=CC(=O)CCC5(C)C4[C@@H](O)CC32C)cc1.CC12CCC(=O)C=C1CCC1C2[C@@H](O)CC2(C)C1CC[C@]2(OC(=O)C1CCCC1)C(=O)CSc1nc2ccccc2o1. The zero-order valence-corrected chi connectivity index (χ0v) is 55.1. The van der Waals surface area contributed by atoms with Gasteiger partial charge < -0.3 is 24.1 Å². The van der Waals surface area contributed by atoms with Crippen LogP contribution >= 0.6 is 34.9 Å². The molecule has 7 saturated carbocycles. The molecule has 0 amide bonds. The number of nitrogens with zero attached hydrogens (tertiary/aromatic N) is 2. The lowest BCUT2D eigenvalue weighted by Gasteiger charge is -2.60. The van der Waals surface area contributed by atoms with Crippen molar-refractivity contribution in [3.8, 4) is 0 Å². The Kier molecular flexibility index (Phi) is 16.4. The highest BCUT2D eigenvalue weighted by Gasteiger charge is 2.72. The van der Waals surface area contributed by atoms with E-state index in [1.54, 1.807) is 23.5 Å². The summed E-state index contributed by atoms with van der Waals surface area (Å²) in [7, 11) is 0. The topological polar surface area (TPSA) is 200 Å². The summed E-state index contributed by atoms with van der Waals surface area (Å²) < 4.78 is 20.9. The Labute approximate surface area is 535 Å². The van der Waals surface area contributed by atoms with E-state index >= 15 is 0 Å². The highest BCUT2D eigenvalue weighted by Crippen LogP contribution is 2.71. The smallest absolute Gasteiger partial charge is 0.339 e. The van der Waals surface area contributed by atoms with E-state index in [0.29, 0.717) is 54.9 Å². The highest BCUT2D eigenvalue weighted by molar-refractivity contribution is 8.01. The predicted molar refractivity (Wildman–Crippen MR) is 345 cm³/mol. The number of thiazole rings is 1. The molecule has 16 heteroatoms. The number of ether oxygens (including phenoxy) is 2. The van der Waals surface area contributed by atoms with Crippen LogP contribution in [0.4, 0.5) is 0 Å². The van der Waals surface area contributed by atoms with Crippen molar-refractivity contribution in [2.24, 2.45) is 63.1 Å². The summed E-state index contributed by atoms with van der Waals surface area (Å²) in [5.41, 5.74) is 1.65. The fraction of sp³-hybridized carbons (Fsp3) is 0.589. The van der Waals surface area contributed by atoms with E-state index in [0.717, 1.165) is 103 Å². The number of aromatic nitrogens is 2. The Hall–Kier alpha value is -5.26. The molecule has 7 fully saturated rings. The lowest BCUT2D eigenvalue weighted by molar-refractivity contribution is -0.202. The molecule has 0 aliphatic heterocycles. The standard InChI is InChI=1S/C39H45NO5S2.C34H41NO6S/c1-36(2,3)24-12-10-23(11-13-24)34(44)45-39(32(43)22-46-35-40-29-8-6-7-9-31(29)47-35)19-17-28-27-15-14-25-20-26(41)16-18-37(25,4)33(27)30(42)21-38(28,39)5;1-32-15-13-22(36)17-21(32)11-12-23-24-14-16-34(33(24,2)18-26(37)29(23)32,41-30(39)20-7-3-4-8-20)28(38)19-42-31-35-25-9-5-6-10-27(25)40-31/h6-13,20,27-28,30,33,42H,14-19,21-22H2,1-5H3;5-6,9-10,17,20,23-24,26,29,37H,3-4,7-8,11-16,18-19H2,1-2H3/t27?,28?,30-,33?,37?,38?,39-;23?,24?,26-,29?,32?,33?,34-/m00/s1. The number of rotatable bonds is 12. The zero-order valence-electron chi connectivity index (χ0n) is 52.6. The number of hydrogen-bond acceptors (Lipinski definition) is 16. The van der Waals surface area contributed by atoms with E-state index in [-0.39, 0.29) is 98.3 Å². The number of oxazole rings is 1. The van der Waals surface area contributed by atoms with E-state index in [1.807, 2.05) is 72.8 Å². The molecule has 0 saturated heterocycles. The molecule has 2 N–H and O–H groups in total. The summed E-state index contributed by atoms with van der Waals surface area (Å²) in [5.74, 6) is 0.166. The van der Waals surface area contributed by atoms with Crippen LogP contribution in [0.1, 0.15) is 180 Å². The first-order chi connectivity index (χ1) is 42.4. The second-order valence-corrected chi connectivity index (χ2v) is 33.0. The summed E-state index contributed by atoms with van der Waals surface area (Å²) in [6.45, 7) is 15.1. The maximum absolute atomic E-state index is 14.7. The molecule has 0 radical (unpaired) electrons. The third-order valence-electron chi connectivity index (χ3n) is 24.4. The van der Waals surface area contributed by atoms with E-state index in [1.165, 1.54) is 34.7 Å². The average Bonchev–Trinajstić information content (AvgIpc) is 1.65. The van der Waals surface area contributed by atoms with Crippen molar-refractivity contribution in [3.63, 3.8) is 0 Å². The van der Waals surface area contributed by atoms with E-state index in [9.17, 15) is 39.0 Å². The van der Waals surface area contributed by atoms with Crippen LogP contribution in [-0.4, -0.2) is 90.2 Å². The minimum atomic E-state index is -1.37. The van der Waals surface area contributed by atoms with Crippen LogP contribution in [-0.2, 0) is 38.9 Å². The van der Waals surface area contributed by atoms with Crippen LogP contribution in [0.15, 0.2) is 110 Å². The Morgan fingerprint density at radius 1 is 0.629 bits per heavy atom. The van der Waals surface area contributed by atoms with Crippen molar-refractivity contribution in [1.82, 2.24) is 9.97 Å². The zero-order chi connectivity index (χ0) is 62.6. The quantitative estimate of drug-likeness (QED) is 0.0882. The minimum absolute atomic E-state index is 0.0114. The minimum Gasteiger partial charge on any atom is -0.450 e. The van der Waals surface area contributed by atoms with Crippen LogP contribution in [0.5, 0.6) is 0 Å². The Bertz CT molecular complexity index is 3640. The van der Waals surface area contributed by atoms with Gasteiger partial charge in [0.05, 0.1) is 45.4 Å². The largest absolute Gasteiger partial charge is 0.450 e. The van der Waals surface area contributed by atoms with E-state index in [2.05, 4.69) is 53.5 Å². The van der Waals surface area contributed by atoms with Crippen molar-refractivity contribution in [1.29, 1.82) is 0 Å². The third-order valence-corrected chi connectivity index (χ3v) is 27.4. The van der Waals surface area contributed by atoms with Gasteiger partial charge >= 0.3 is 11.9 Å². The molecule has 13 nitrogen and oxygen atoms in total. The molecule has 2 aromatic heterocycles. The lowest BCUT2D eigenvalue weighted by atomic mass is 9.45. The van der Waals surface area contributed by atoms with E-state index in [4.69, 9.17) is 18.9 Å². The van der Waals surface area contributed by atoms with Gasteiger partial charge in [-0.3, -0.25) is 24.0 Å². The summed E-state index contributed by atoms with van der Waals surface area (Å²) >= 11 is 4.23. The molecule has 0 bridgehead atoms. The molecular weight excluding hydrogens is 1180 g/mol. The third kappa shape index (κ3) is 10.6. The average molecular weight is 1260 g/mol. The number of ketones is 4. The predicted octanol–water partition coefficient (Wildman–Crippen LogP) is 14.8. The molecule has 14 rings (SSSR count). The van der Waals surface area contributed by atoms with Gasteiger partial charge in [-0.1, -0.05) is 132 Å². The highest BCUT2D eigenvalue weighted by atomic mass is 32.2. The number of carbonyl (C=O) groups excluding carboxylic acids is 6. The molecule has 5 aromatic rings. The fourth-order valence-corrected chi connectivity index (χ4v) is 22.6. The lowest BCUT2D eigenvalue weighted by Crippen LogP contribution is -2.63. The van der Waals surface area contributed by atoms with Crippen LogP contribution < -0.4 is 0 Å². The second-order valence-electron chi connectivity index (χ2n) is 29.8. The van der Waals surface area contributed by atoms with Gasteiger partial charge in [0.25, 0.3) is 5.22 Å². The summed E-state index contributed by atoms with van der Waals surface area (Å²) in [5, 5.41) is 24.4. The molecule has 10 unspecified atom stereocenters. The number of carbonyl (C=O) groups is 6. The second kappa shape index (κ2) is 23.4. The number of thioether (sulfide) groups is 2. The number of benzene rings is 3. The molecule has 2 heterocycles. The van der Waals surface area contributed by atoms with Gasteiger partial charge in [0.2, 0.25) is 0 Å². The van der Waals surface area contributed by atoms with Gasteiger partial charge in [-0.25, -0.2) is 14.8 Å². The maximum Gasteiger partial charge on any atom is 0.339 e. The maximum atomic E-state index is 14.7. The Morgan fingerprint density at radius 3 is 1.71 bits per heavy atom. The molecule has 9 aliphatic rings. The number of fused-ring (bicyclic) bond motifs is 12. The van der Waals surface area contributed by atoms with Gasteiger partial charge in [-0.15, -0.1) is 11.3 Å². The molecule has 14 atom stereocenters. The molecule has 9 aliphatic carbocycles. The van der Waals surface area contributed by atoms with Crippen LogP contribution in [0.25, 0.3) is 21.3 Å². The van der Waals surface area contributed by atoms with Crippen molar-refractivity contribution in [3.05, 3.63) is 107 Å². The van der Waals surface area contributed by atoms with Crippen molar-refractivity contribution >= 4 is 91.2 Å². The number of aliphatic hydroxyl groups excluding tert-OH is 2. The van der Waals surface area contributed by atoms with Crippen molar-refractivity contribution in [2.45, 2.75) is 202 Å². The number of allylic oxidation sites excluding steroid dienone is 2. The molecule has 472 valence electrons. The summed E-state index contributed by atoms with van der Waals surface area (Å²) in [6, 6.07) is 23.0. The van der Waals surface area contributed by atoms with Crippen molar-refractivity contribution < 1.29 is 52.9 Å². The Balaban J connectivity index is 0.000000165. The van der Waals surface area contributed by atoms with Crippen molar-refractivity contribution in [2.75, 3.05) is 11.5 Å². The van der Waals surface area contributed by atoms with Gasteiger partial charge in [0.15, 0.2) is 44.3 Å². The summed E-state index contributed by atoms with van der Waals surface area (Å²) in [6.07, 6.45) is 15.2. The normalized spacial score (nSPS) is 35.7. The molecule has 0 spiro atoms. The number of hydrogen-bond donors (Lipinski definition) is 2. The first-order valence-corrected chi connectivity index (χ1v) is 35.6. The van der Waals surface area contributed by atoms with E-state index < -0.39 is 40.2 Å². The summed E-state index contributed by atoms with van der Waals surface area (Å²) in [4.78, 5) is 90.8. The molecule has 89 heavy (non-hydrogen) atoms. The van der Waals surface area contributed by atoms with Gasteiger partial charge in [-0.05, 0) is 196 Å². The first-order valence-electron chi connectivity index (χ1n) is 32.8. The number of esters is 2. The van der Waals surface area contributed by atoms with Gasteiger partial charge in [-0.2, -0.15) is 0 Å². The Morgan fingerprint density at radius 2 is 1.16 bits per heavy atom. The number of aliphatic hydroxyl groups is 2. The van der Waals surface area contributed by atoms with Gasteiger partial charge in [0.1, 0.15) is 5.52 Å². The molecular formula is C73H86N2O11S3. The van der Waals surface area contributed by atoms with Crippen LogP contribution in [0.3, 0.4) is 0 Å². The number of para-hydroxylation sites is 3. The monoisotopic (exact) mass is 1260 g/mol. The van der Waals surface area contributed by atoms with Crippen LogP contribution in [0, 0.1) is 63.1 Å². The molecule has 3 aromatic carbocycles. The fourth-order valence-electron chi connectivity index (χ4n) is 19.8. The number of Topliss-reactive ketones (excluding diaryl/α,β-unsaturated/α-hetero) is 2. The van der Waals surface area contributed by atoms with Crippen LogP contribution in [0.2, 0.25) is 0 Å².